The molecule has 1 aliphatic carbocycles. The number of methoxy groups -OCH3 is 1. The predicted molar refractivity (Wildman–Crippen MR) is 85.6 cm³/mol. The van der Waals surface area contributed by atoms with E-state index in [1.165, 1.54) is 18.1 Å². The number of rotatable bonds is 6. The molecular formula is C17H24F2N2O3. The molecule has 1 aromatic rings. The lowest BCUT2D eigenvalue weighted by Gasteiger charge is -2.30. The van der Waals surface area contributed by atoms with Crippen LogP contribution < -0.4 is 5.32 Å². The summed E-state index contributed by atoms with van der Waals surface area (Å²) in [5.41, 5.74) is -0.428. The zero-order valence-corrected chi connectivity index (χ0v) is 14.0. The first-order valence-corrected chi connectivity index (χ1v) is 8.02. The summed E-state index contributed by atoms with van der Waals surface area (Å²) in [6, 6.07) is 2.46. The van der Waals surface area contributed by atoms with E-state index in [9.17, 15) is 18.7 Å². The van der Waals surface area contributed by atoms with Gasteiger partial charge in [-0.3, -0.25) is 0 Å². The summed E-state index contributed by atoms with van der Waals surface area (Å²) in [6.07, 6.45) is 3.25. The van der Waals surface area contributed by atoms with Crippen LogP contribution in [0.1, 0.15) is 37.3 Å². The Balaban J connectivity index is 2.03. The molecule has 1 saturated carbocycles. The van der Waals surface area contributed by atoms with Crippen LogP contribution in [0.2, 0.25) is 0 Å². The zero-order valence-electron chi connectivity index (χ0n) is 14.0. The number of hydrogen-bond donors (Lipinski definition) is 2. The molecule has 2 rings (SSSR count). The van der Waals surface area contributed by atoms with Crippen LogP contribution in [0.4, 0.5) is 13.6 Å². The second-order valence-electron chi connectivity index (χ2n) is 6.42. The number of ether oxygens (including phenoxy) is 1. The smallest absolute Gasteiger partial charge is 0.317 e. The van der Waals surface area contributed by atoms with Gasteiger partial charge in [0.2, 0.25) is 0 Å². The number of benzene rings is 1. The van der Waals surface area contributed by atoms with Crippen LogP contribution in [0.5, 0.6) is 0 Å². The van der Waals surface area contributed by atoms with Crippen molar-refractivity contribution in [3.05, 3.63) is 35.4 Å². The molecule has 1 aliphatic rings. The number of carbonyl (C=O) groups excluding carboxylic acids is 1. The van der Waals surface area contributed by atoms with E-state index < -0.39 is 29.3 Å². The van der Waals surface area contributed by atoms with Gasteiger partial charge in [-0.05, 0) is 30.5 Å². The quantitative estimate of drug-likeness (QED) is 0.835. The molecule has 1 unspecified atom stereocenters. The predicted octanol–water partition coefficient (Wildman–Crippen LogP) is 2.60. The van der Waals surface area contributed by atoms with Crippen molar-refractivity contribution in [2.75, 3.05) is 27.3 Å². The first kappa shape index (κ1) is 18.6. The molecule has 2 amide bonds. The van der Waals surface area contributed by atoms with Gasteiger partial charge in [0.15, 0.2) is 11.6 Å². The van der Waals surface area contributed by atoms with Gasteiger partial charge in [0, 0.05) is 14.2 Å². The summed E-state index contributed by atoms with van der Waals surface area (Å²) < 4.78 is 31.6. The largest absolute Gasteiger partial charge is 0.388 e. The summed E-state index contributed by atoms with van der Waals surface area (Å²) in [5.74, 6) is -1.92. The fourth-order valence-electron chi connectivity index (χ4n) is 3.08. The normalized spacial score (nSPS) is 17.5. The lowest BCUT2D eigenvalue weighted by atomic mass is 10.0. The second-order valence-corrected chi connectivity index (χ2v) is 6.42. The molecule has 0 bridgehead atoms. The highest BCUT2D eigenvalue weighted by Gasteiger charge is 2.33. The topological polar surface area (TPSA) is 61.8 Å². The third-order valence-corrected chi connectivity index (χ3v) is 4.39. The SMILES string of the molecule is COCC(NC(=O)N(C)CC1(O)CCCC1)c1ccc(F)c(F)c1. The van der Waals surface area contributed by atoms with Crippen molar-refractivity contribution in [2.45, 2.75) is 37.3 Å². The number of likely N-dealkylation sites (N-methyl/N-ethyl adjacent to an activating group) is 1. The van der Waals surface area contributed by atoms with Crippen molar-refractivity contribution < 1.29 is 23.4 Å². The number of carbonyl (C=O) groups is 1. The van der Waals surface area contributed by atoms with Gasteiger partial charge >= 0.3 is 6.03 Å². The third-order valence-electron chi connectivity index (χ3n) is 4.39. The average molecular weight is 342 g/mol. The zero-order chi connectivity index (χ0) is 17.7. The summed E-state index contributed by atoms with van der Waals surface area (Å²) in [6.45, 7) is 0.352. The van der Waals surface area contributed by atoms with Gasteiger partial charge in [0.1, 0.15) is 0 Å². The molecule has 1 fully saturated rings. The lowest BCUT2D eigenvalue weighted by Crippen LogP contribution is -2.47. The molecule has 0 radical (unpaired) electrons. The van der Waals surface area contributed by atoms with Crippen molar-refractivity contribution in [1.82, 2.24) is 10.2 Å². The number of urea groups is 1. The molecule has 2 N–H and O–H groups in total. The minimum atomic E-state index is -0.975. The fraction of sp³-hybridized carbons (Fsp3) is 0.588. The molecule has 7 heteroatoms. The fourth-order valence-corrected chi connectivity index (χ4v) is 3.08. The van der Waals surface area contributed by atoms with Gasteiger partial charge in [-0.15, -0.1) is 0 Å². The molecule has 134 valence electrons. The minimum Gasteiger partial charge on any atom is -0.388 e. The molecule has 0 aromatic heterocycles. The Labute approximate surface area is 140 Å². The van der Waals surface area contributed by atoms with E-state index in [0.717, 1.165) is 25.0 Å². The summed E-state index contributed by atoms with van der Waals surface area (Å²) in [7, 11) is 3.06. The second kappa shape index (κ2) is 7.90. The average Bonchev–Trinajstić information content (AvgIpc) is 2.95. The molecular weight excluding hydrogens is 318 g/mol. The van der Waals surface area contributed by atoms with Crippen LogP contribution in [0.25, 0.3) is 0 Å². The maximum atomic E-state index is 13.4. The summed E-state index contributed by atoms with van der Waals surface area (Å²) in [4.78, 5) is 13.8. The minimum absolute atomic E-state index is 0.120. The van der Waals surface area contributed by atoms with Gasteiger partial charge in [-0.1, -0.05) is 18.9 Å². The third kappa shape index (κ3) is 4.64. The number of aliphatic hydroxyl groups is 1. The van der Waals surface area contributed by atoms with Gasteiger partial charge in [-0.2, -0.15) is 0 Å². The molecule has 0 aliphatic heterocycles. The highest BCUT2D eigenvalue weighted by molar-refractivity contribution is 5.74. The Bertz CT molecular complexity index is 577. The first-order chi connectivity index (χ1) is 11.3. The number of halogens is 2. The Morgan fingerprint density at radius 2 is 2.04 bits per heavy atom. The Morgan fingerprint density at radius 1 is 1.38 bits per heavy atom. The Hall–Kier alpha value is -1.73. The maximum Gasteiger partial charge on any atom is 0.317 e. The number of hydrogen-bond acceptors (Lipinski definition) is 3. The molecule has 0 heterocycles. The van der Waals surface area contributed by atoms with Crippen molar-refractivity contribution in [2.24, 2.45) is 0 Å². The highest BCUT2D eigenvalue weighted by Crippen LogP contribution is 2.30. The molecule has 5 nitrogen and oxygen atoms in total. The monoisotopic (exact) mass is 342 g/mol. The van der Waals surface area contributed by atoms with E-state index >= 15 is 0 Å². The van der Waals surface area contributed by atoms with Crippen LogP contribution >= 0.6 is 0 Å². The summed E-state index contributed by atoms with van der Waals surface area (Å²) >= 11 is 0. The maximum absolute atomic E-state index is 13.4. The van der Waals surface area contributed by atoms with E-state index in [1.54, 1.807) is 7.05 Å². The molecule has 1 atom stereocenters. The van der Waals surface area contributed by atoms with E-state index in [1.807, 2.05) is 0 Å². The van der Waals surface area contributed by atoms with E-state index in [4.69, 9.17) is 4.74 Å². The van der Waals surface area contributed by atoms with Crippen molar-refractivity contribution in [1.29, 1.82) is 0 Å². The number of nitrogens with one attached hydrogen (secondary N) is 1. The highest BCUT2D eigenvalue weighted by atomic mass is 19.2. The standard InChI is InChI=1S/C17H24F2N2O3/c1-21(11-17(23)7-3-4-8-17)16(22)20-15(10-24-2)12-5-6-13(18)14(19)9-12/h5-6,9,15,23H,3-4,7-8,10-11H2,1-2H3,(H,20,22). The first-order valence-electron chi connectivity index (χ1n) is 8.02. The molecule has 0 spiro atoms. The van der Waals surface area contributed by atoms with E-state index in [0.29, 0.717) is 18.4 Å². The van der Waals surface area contributed by atoms with Gasteiger partial charge in [0.05, 0.1) is 24.8 Å². The Morgan fingerprint density at radius 3 is 2.62 bits per heavy atom. The van der Waals surface area contributed by atoms with E-state index in [-0.39, 0.29) is 13.2 Å². The van der Waals surface area contributed by atoms with Crippen molar-refractivity contribution in [3.63, 3.8) is 0 Å². The van der Waals surface area contributed by atoms with Crippen molar-refractivity contribution >= 4 is 6.03 Å². The number of amides is 2. The lowest BCUT2D eigenvalue weighted by molar-refractivity contribution is 0.0240. The van der Waals surface area contributed by atoms with Crippen LogP contribution in [-0.2, 0) is 4.74 Å². The Kier molecular flexibility index (Phi) is 6.12. The van der Waals surface area contributed by atoms with Crippen LogP contribution in [0, 0.1) is 11.6 Å². The molecule has 24 heavy (non-hydrogen) atoms. The van der Waals surface area contributed by atoms with Gasteiger partial charge in [0.25, 0.3) is 0 Å². The number of nitrogens with zero attached hydrogens (tertiary/aromatic N) is 1. The van der Waals surface area contributed by atoms with Crippen LogP contribution in [0.15, 0.2) is 18.2 Å². The van der Waals surface area contributed by atoms with Gasteiger partial charge in [-0.25, -0.2) is 13.6 Å². The van der Waals surface area contributed by atoms with Crippen LogP contribution in [0.3, 0.4) is 0 Å². The van der Waals surface area contributed by atoms with Crippen LogP contribution in [-0.4, -0.2) is 48.9 Å². The molecule has 0 saturated heterocycles. The van der Waals surface area contributed by atoms with E-state index in [2.05, 4.69) is 5.32 Å². The summed E-state index contributed by atoms with van der Waals surface area (Å²) in [5, 5.41) is 13.1. The van der Waals surface area contributed by atoms with Crippen molar-refractivity contribution in [3.8, 4) is 0 Å². The molecule has 1 aromatic carbocycles. The van der Waals surface area contributed by atoms with Gasteiger partial charge < -0.3 is 20.1 Å².